The smallest absolute Gasteiger partial charge is 0.206 e. The molecule has 4 heterocycles. The van der Waals surface area contributed by atoms with Gasteiger partial charge in [0.05, 0.1) is 24.4 Å². The summed E-state index contributed by atoms with van der Waals surface area (Å²) in [7, 11) is 1.64. The highest BCUT2D eigenvalue weighted by molar-refractivity contribution is 7.99. The number of aromatic amines is 1. The van der Waals surface area contributed by atoms with E-state index in [1.54, 1.807) is 25.7 Å². The molecular formula is C24H25N7OS. The van der Waals surface area contributed by atoms with E-state index in [9.17, 15) is 0 Å². The number of aromatic nitrogens is 5. The number of benzene rings is 1. The first-order valence-electron chi connectivity index (χ1n) is 11.1. The van der Waals surface area contributed by atoms with E-state index < -0.39 is 0 Å². The number of methoxy groups -OCH3 is 1. The van der Waals surface area contributed by atoms with Crippen LogP contribution in [0.4, 0.5) is 5.95 Å². The number of ether oxygens (including phenoxy) is 1. The van der Waals surface area contributed by atoms with Gasteiger partial charge >= 0.3 is 0 Å². The molecule has 0 bridgehead atoms. The first kappa shape index (κ1) is 20.4. The highest BCUT2D eigenvalue weighted by Gasteiger charge is 2.46. The van der Waals surface area contributed by atoms with E-state index in [4.69, 9.17) is 20.4 Å². The van der Waals surface area contributed by atoms with Crippen molar-refractivity contribution in [3.8, 4) is 5.75 Å². The van der Waals surface area contributed by atoms with Crippen molar-refractivity contribution in [2.45, 2.75) is 35.2 Å². The van der Waals surface area contributed by atoms with Crippen LogP contribution in [0.25, 0.3) is 11.3 Å². The quantitative estimate of drug-likeness (QED) is 0.475. The molecule has 4 aromatic rings. The molecule has 33 heavy (non-hydrogen) atoms. The molecule has 1 saturated heterocycles. The number of nitrogens with one attached hydrogen (secondary N) is 1. The van der Waals surface area contributed by atoms with Gasteiger partial charge in [-0.3, -0.25) is 4.98 Å². The lowest BCUT2D eigenvalue weighted by Crippen LogP contribution is -2.44. The van der Waals surface area contributed by atoms with Crippen molar-refractivity contribution in [2.75, 3.05) is 25.1 Å². The molecule has 1 atom stereocenters. The largest absolute Gasteiger partial charge is 0.494 e. The lowest BCUT2D eigenvalue weighted by molar-refractivity contribution is 0.187. The summed E-state index contributed by atoms with van der Waals surface area (Å²) in [6, 6.07) is 10.6. The van der Waals surface area contributed by atoms with E-state index in [1.165, 1.54) is 22.9 Å². The summed E-state index contributed by atoms with van der Waals surface area (Å²) in [5.41, 5.74) is 10.9. The molecule has 8 nitrogen and oxygen atoms in total. The molecule has 1 aliphatic heterocycles. The van der Waals surface area contributed by atoms with Crippen LogP contribution in [0.1, 0.15) is 30.0 Å². The maximum atomic E-state index is 6.72. The molecule has 6 rings (SSSR count). The molecule has 3 N–H and O–H groups in total. The van der Waals surface area contributed by atoms with E-state index >= 15 is 0 Å². The minimum absolute atomic E-state index is 0.111. The second kappa shape index (κ2) is 8.00. The van der Waals surface area contributed by atoms with E-state index in [-0.39, 0.29) is 11.5 Å². The number of rotatable bonds is 4. The van der Waals surface area contributed by atoms with Gasteiger partial charge in [0, 0.05) is 25.3 Å². The molecule has 3 aromatic heterocycles. The van der Waals surface area contributed by atoms with Crippen molar-refractivity contribution in [1.29, 1.82) is 0 Å². The van der Waals surface area contributed by atoms with E-state index in [2.05, 4.69) is 44.1 Å². The number of hydrogen-bond donors (Lipinski definition) is 2. The highest BCUT2D eigenvalue weighted by Crippen LogP contribution is 2.50. The number of imidazole rings is 1. The molecule has 168 valence electrons. The van der Waals surface area contributed by atoms with Crippen molar-refractivity contribution in [2.24, 2.45) is 11.1 Å². The molecule has 2 aliphatic rings. The van der Waals surface area contributed by atoms with Crippen LogP contribution in [0, 0.1) is 5.41 Å². The molecule has 0 unspecified atom stereocenters. The second-order valence-corrected chi connectivity index (χ2v) is 9.83. The van der Waals surface area contributed by atoms with E-state index in [1.807, 2.05) is 6.07 Å². The summed E-state index contributed by atoms with van der Waals surface area (Å²) >= 11 is 1.49. The van der Waals surface area contributed by atoms with Gasteiger partial charge in [-0.15, -0.1) is 0 Å². The summed E-state index contributed by atoms with van der Waals surface area (Å²) in [4.78, 5) is 24.7. The average molecular weight is 460 g/mol. The van der Waals surface area contributed by atoms with Gasteiger partial charge in [0.2, 0.25) is 5.95 Å². The van der Waals surface area contributed by atoms with Crippen LogP contribution in [0.3, 0.4) is 0 Å². The number of anilines is 1. The summed E-state index contributed by atoms with van der Waals surface area (Å²) in [5, 5.41) is 0.773. The molecule has 1 aromatic carbocycles. The third-order valence-corrected chi connectivity index (χ3v) is 7.97. The summed E-state index contributed by atoms with van der Waals surface area (Å²) in [6.07, 6.45) is 8.34. The first-order valence-corrected chi connectivity index (χ1v) is 11.9. The standard InChI is InChI=1S/C24H25N7OS/c1-32-17-13-26-9-6-18(17)33-19-14-27-21-22(28-19)30-23(29-21)31-10-7-24(8-11-31)12-15-4-2-3-5-16(15)20(24)25/h2-6,9,13-14,20H,7-8,10-12,25H2,1H3,(H,27,28,29,30)/t20-/m1/s1. The van der Waals surface area contributed by atoms with E-state index in [0.717, 1.165) is 48.2 Å². The van der Waals surface area contributed by atoms with Gasteiger partial charge in [0.25, 0.3) is 0 Å². The summed E-state index contributed by atoms with van der Waals surface area (Å²) < 4.78 is 5.39. The fourth-order valence-corrected chi connectivity index (χ4v) is 5.99. The Morgan fingerprint density at radius 2 is 2.00 bits per heavy atom. The number of nitrogens with zero attached hydrogens (tertiary/aromatic N) is 5. The van der Waals surface area contributed by atoms with Crippen molar-refractivity contribution in [3.63, 3.8) is 0 Å². The predicted octanol–water partition coefficient (Wildman–Crippen LogP) is 3.75. The number of H-pyrrole nitrogens is 1. The molecule has 1 fully saturated rings. The number of pyridine rings is 1. The van der Waals surface area contributed by atoms with Gasteiger partial charge in [-0.2, -0.15) is 4.98 Å². The summed E-state index contributed by atoms with van der Waals surface area (Å²) in [6.45, 7) is 1.83. The SMILES string of the molecule is COc1cnccc1Sc1cnc2nc(N3CCC4(CC3)Cc3ccccc3[C@H]4N)[nH]c2n1. The molecule has 1 spiro atoms. The number of piperidine rings is 1. The van der Waals surface area contributed by atoms with Crippen LogP contribution in [0.5, 0.6) is 5.75 Å². The van der Waals surface area contributed by atoms with Gasteiger partial charge in [0.1, 0.15) is 5.03 Å². The fourth-order valence-electron chi connectivity index (χ4n) is 5.15. The Bertz CT molecular complexity index is 1320. The van der Waals surface area contributed by atoms with Crippen LogP contribution in [0.15, 0.2) is 58.8 Å². The second-order valence-electron chi connectivity index (χ2n) is 8.77. The third kappa shape index (κ3) is 3.52. The Morgan fingerprint density at radius 3 is 2.82 bits per heavy atom. The van der Waals surface area contributed by atoms with Gasteiger partial charge < -0.3 is 20.4 Å². The molecular weight excluding hydrogens is 434 g/mol. The first-order chi connectivity index (χ1) is 16.1. The van der Waals surface area contributed by atoms with E-state index in [0.29, 0.717) is 17.0 Å². The highest BCUT2D eigenvalue weighted by atomic mass is 32.2. The zero-order valence-electron chi connectivity index (χ0n) is 18.4. The maximum absolute atomic E-state index is 6.72. The number of hydrogen-bond acceptors (Lipinski definition) is 8. The Labute approximate surface area is 196 Å². The molecule has 0 saturated carbocycles. The Hall–Kier alpha value is -3.17. The Kier molecular flexibility index (Phi) is 4.95. The molecule has 0 radical (unpaired) electrons. The van der Waals surface area contributed by atoms with Gasteiger partial charge in [0.15, 0.2) is 17.0 Å². The average Bonchev–Trinajstić information content (AvgIpc) is 3.39. The van der Waals surface area contributed by atoms with Crippen LogP contribution >= 0.6 is 11.8 Å². The predicted molar refractivity (Wildman–Crippen MR) is 128 cm³/mol. The van der Waals surface area contributed by atoms with Crippen LogP contribution in [0.2, 0.25) is 0 Å². The maximum Gasteiger partial charge on any atom is 0.206 e. The van der Waals surface area contributed by atoms with Gasteiger partial charge in [-0.05, 0) is 41.9 Å². The zero-order valence-corrected chi connectivity index (χ0v) is 19.2. The van der Waals surface area contributed by atoms with Gasteiger partial charge in [-0.25, -0.2) is 9.97 Å². The monoisotopic (exact) mass is 459 g/mol. The zero-order chi connectivity index (χ0) is 22.4. The van der Waals surface area contributed by atoms with Crippen LogP contribution in [-0.4, -0.2) is 45.1 Å². The normalized spacial score (nSPS) is 19.2. The van der Waals surface area contributed by atoms with Gasteiger partial charge in [-0.1, -0.05) is 36.0 Å². The van der Waals surface area contributed by atoms with Crippen LogP contribution < -0.4 is 15.4 Å². The van der Waals surface area contributed by atoms with Crippen molar-refractivity contribution in [1.82, 2.24) is 24.9 Å². The lowest BCUT2D eigenvalue weighted by atomic mass is 9.73. The Morgan fingerprint density at radius 1 is 1.15 bits per heavy atom. The van der Waals surface area contributed by atoms with Crippen molar-refractivity contribution >= 4 is 29.0 Å². The minimum atomic E-state index is 0.111. The summed E-state index contributed by atoms with van der Waals surface area (Å²) in [5.74, 6) is 1.54. The number of nitrogens with two attached hydrogens (primary N) is 1. The molecule has 1 aliphatic carbocycles. The fraction of sp³-hybridized carbons (Fsp3) is 0.333. The third-order valence-electron chi connectivity index (χ3n) is 7.01. The Balaban J connectivity index is 1.19. The molecule has 9 heteroatoms. The lowest BCUT2D eigenvalue weighted by Gasteiger charge is -2.42. The van der Waals surface area contributed by atoms with Crippen molar-refractivity contribution < 1.29 is 4.74 Å². The van der Waals surface area contributed by atoms with Crippen molar-refractivity contribution in [3.05, 3.63) is 60.0 Å². The topological polar surface area (TPSA) is 106 Å². The van der Waals surface area contributed by atoms with Crippen LogP contribution in [-0.2, 0) is 6.42 Å². The molecule has 0 amide bonds. The number of fused-ring (bicyclic) bond motifs is 2. The minimum Gasteiger partial charge on any atom is -0.494 e.